The molecule has 0 amide bonds. The standard InChI is InChI=1S/C14H21FN2/c1-17(10-8-13-6-4-9-16-13)11-12-5-2-3-7-14(12)15/h2-3,5,7,13,16H,4,6,8-11H2,1H3. The van der Waals surface area contributed by atoms with Gasteiger partial charge in [-0.15, -0.1) is 0 Å². The van der Waals surface area contributed by atoms with Gasteiger partial charge in [0, 0.05) is 18.2 Å². The van der Waals surface area contributed by atoms with Gasteiger partial charge in [-0.3, -0.25) is 0 Å². The maximum Gasteiger partial charge on any atom is 0.127 e. The van der Waals surface area contributed by atoms with Crippen molar-refractivity contribution >= 4 is 0 Å². The molecule has 1 aliphatic heterocycles. The number of halogens is 1. The molecule has 1 heterocycles. The van der Waals surface area contributed by atoms with Crippen molar-refractivity contribution in [2.75, 3.05) is 20.1 Å². The number of benzene rings is 1. The van der Waals surface area contributed by atoms with E-state index in [1.807, 2.05) is 12.1 Å². The number of nitrogens with one attached hydrogen (secondary N) is 1. The van der Waals surface area contributed by atoms with E-state index in [4.69, 9.17) is 0 Å². The molecule has 94 valence electrons. The summed E-state index contributed by atoms with van der Waals surface area (Å²) in [5.74, 6) is -0.0988. The molecule has 1 aromatic rings. The van der Waals surface area contributed by atoms with E-state index in [1.165, 1.54) is 18.9 Å². The van der Waals surface area contributed by atoms with E-state index >= 15 is 0 Å². The molecule has 0 spiro atoms. The van der Waals surface area contributed by atoms with Crippen molar-refractivity contribution in [3.05, 3.63) is 35.6 Å². The highest BCUT2D eigenvalue weighted by Crippen LogP contribution is 2.12. The first-order chi connectivity index (χ1) is 8.25. The van der Waals surface area contributed by atoms with Crippen LogP contribution in [0.2, 0.25) is 0 Å². The van der Waals surface area contributed by atoms with Gasteiger partial charge in [-0.2, -0.15) is 0 Å². The molecule has 0 aliphatic carbocycles. The monoisotopic (exact) mass is 236 g/mol. The van der Waals surface area contributed by atoms with Gasteiger partial charge in [0.1, 0.15) is 5.82 Å². The van der Waals surface area contributed by atoms with Crippen LogP contribution in [0.4, 0.5) is 4.39 Å². The third-order valence-corrected chi connectivity index (χ3v) is 3.42. The smallest absolute Gasteiger partial charge is 0.127 e. The van der Waals surface area contributed by atoms with Crippen molar-refractivity contribution < 1.29 is 4.39 Å². The van der Waals surface area contributed by atoms with Gasteiger partial charge >= 0.3 is 0 Å². The van der Waals surface area contributed by atoms with Crippen LogP contribution < -0.4 is 5.32 Å². The first-order valence-corrected chi connectivity index (χ1v) is 6.41. The summed E-state index contributed by atoms with van der Waals surface area (Å²) >= 11 is 0. The van der Waals surface area contributed by atoms with Crippen LogP contribution in [0.1, 0.15) is 24.8 Å². The molecule has 1 atom stereocenters. The predicted octanol–water partition coefficient (Wildman–Crippen LogP) is 2.40. The predicted molar refractivity (Wildman–Crippen MR) is 68.4 cm³/mol. The summed E-state index contributed by atoms with van der Waals surface area (Å²) in [6.45, 7) is 2.87. The summed E-state index contributed by atoms with van der Waals surface area (Å²) in [6, 6.07) is 7.69. The summed E-state index contributed by atoms with van der Waals surface area (Å²) in [4.78, 5) is 2.19. The van der Waals surface area contributed by atoms with E-state index < -0.39 is 0 Å². The van der Waals surface area contributed by atoms with Crippen molar-refractivity contribution in [3.63, 3.8) is 0 Å². The minimum atomic E-state index is -0.0988. The average Bonchev–Trinajstić information content (AvgIpc) is 2.82. The van der Waals surface area contributed by atoms with Crippen LogP contribution >= 0.6 is 0 Å². The van der Waals surface area contributed by atoms with Crippen LogP contribution in [0.25, 0.3) is 0 Å². The molecule has 1 N–H and O–H groups in total. The fourth-order valence-corrected chi connectivity index (χ4v) is 2.38. The minimum absolute atomic E-state index is 0.0988. The zero-order valence-electron chi connectivity index (χ0n) is 10.5. The highest BCUT2D eigenvalue weighted by atomic mass is 19.1. The minimum Gasteiger partial charge on any atom is -0.314 e. The Balaban J connectivity index is 1.76. The number of hydrogen-bond acceptors (Lipinski definition) is 2. The van der Waals surface area contributed by atoms with Gasteiger partial charge in [0.2, 0.25) is 0 Å². The van der Waals surface area contributed by atoms with Crippen LogP contribution in [0.3, 0.4) is 0 Å². The van der Waals surface area contributed by atoms with Gasteiger partial charge < -0.3 is 10.2 Å². The molecule has 0 bridgehead atoms. The van der Waals surface area contributed by atoms with Crippen LogP contribution in [-0.4, -0.2) is 31.1 Å². The summed E-state index contributed by atoms with van der Waals surface area (Å²) in [5.41, 5.74) is 0.786. The Morgan fingerprint density at radius 2 is 2.24 bits per heavy atom. The van der Waals surface area contributed by atoms with Gasteiger partial charge in [0.05, 0.1) is 0 Å². The van der Waals surface area contributed by atoms with E-state index in [2.05, 4.69) is 17.3 Å². The molecule has 2 rings (SSSR count). The van der Waals surface area contributed by atoms with E-state index in [0.29, 0.717) is 12.6 Å². The summed E-state index contributed by atoms with van der Waals surface area (Å²) in [7, 11) is 2.06. The Morgan fingerprint density at radius 3 is 2.94 bits per heavy atom. The molecule has 1 aromatic carbocycles. The molecule has 17 heavy (non-hydrogen) atoms. The van der Waals surface area contributed by atoms with E-state index in [-0.39, 0.29) is 5.82 Å². The SMILES string of the molecule is CN(CCC1CCCN1)Cc1ccccc1F. The lowest BCUT2D eigenvalue weighted by Gasteiger charge is -2.19. The van der Waals surface area contributed by atoms with Crippen LogP contribution in [0, 0.1) is 5.82 Å². The van der Waals surface area contributed by atoms with E-state index in [0.717, 1.165) is 25.1 Å². The van der Waals surface area contributed by atoms with Gasteiger partial charge in [-0.05, 0) is 45.5 Å². The second-order valence-electron chi connectivity index (χ2n) is 4.91. The van der Waals surface area contributed by atoms with Crippen molar-refractivity contribution in [2.45, 2.75) is 31.8 Å². The lowest BCUT2D eigenvalue weighted by molar-refractivity contribution is 0.301. The number of nitrogens with zero attached hydrogens (tertiary/aromatic N) is 1. The highest BCUT2D eigenvalue weighted by Gasteiger charge is 2.14. The number of rotatable bonds is 5. The fourth-order valence-electron chi connectivity index (χ4n) is 2.38. The maximum absolute atomic E-state index is 13.5. The molecule has 3 heteroatoms. The Bertz CT molecular complexity index is 348. The largest absolute Gasteiger partial charge is 0.314 e. The molecule has 1 unspecified atom stereocenters. The maximum atomic E-state index is 13.5. The molecule has 1 fully saturated rings. The zero-order chi connectivity index (χ0) is 12.1. The van der Waals surface area contributed by atoms with Crippen molar-refractivity contribution in [2.24, 2.45) is 0 Å². The number of hydrogen-bond donors (Lipinski definition) is 1. The lowest BCUT2D eigenvalue weighted by atomic mass is 10.1. The summed E-state index contributed by atoms with van der Waals surface area (Å²) in [5, 5.41) is 3.49. The quantitative estimate of drug-likeness (QED) is 0.844. The molecule has 1 saturated heterocycles. The van der Waals surface area contributed by atoms with Crippen LogP contribution in [0.15, 0.2) is 24.3 Å². The van der Waals surface area contributed by atoms with Gasteiger partial charge in [0.25, 0.3) is 0 Å². The average molecular weight is 236 g/mol. The summed E-state index contributed by atoms with van der Waals surface area (Å²) in [6.07, 6.45) is 3.74. The molecule has 2 nitrogen and oxygen atoms in total. The molecule has 0 saturated carbocycles. The van der Waals surface area contributed by atoms with Crippen LogP contribution in [0.5, 0.6) is 0 Å². The lowest BCUT2D eigenvalue weighted by Crippen LogP contribution is -2.28. The van der Waals surface area contributed by atoms with Crippen LogP contribution in [-0.2, 0) is 6.54 Å². The molecule has 0 aromatic heterocycles. The highest BCUT2D eigenvalue weighted by molar-refractivity contribution is 5.16. The van der Waals surface area contributed by atoms with Gasteiger partial charge in [-0.25, -0.2) is 4.39 Å². The Labute approximate surface area is 103 Å². The van der Waals surface area contributed by atoms with Gasteiger partial charge in [-0.1, -0.05) is 18.2 Å². The van der Waals surface area contributed by atoms with Crippen molar-refractivity contribution in [3.8, 4) is 0 Å². The first-order valence-electron chi connectivity index (χ1n) is 6.41. The normalized spacial score (nSPS) is 20.1. The fraction of sp³-hybridized carbons (Fsp3) is 0.571. The van der Waals surface area contributed by atoms with E-state index in [9.17, 15) is 4.39 Å². The first kappa shape index (κ1) is 12.5. The molecular weight excluding hydrogens is 215 g/mol. The molecule has 1 aliphatic rings. The topological polar surface area (TPSA) is 15.3 Å². The zero-order valence-corrected chi connectivity index (χ0v) is 10.5. The Hall–Kier alpha value is -0.930. The third kappa shape index (κ3) is 3.79. The third-order valence-electron chi connectivity index (χ3n) is 3.42. The Morgan fingerprint density at radius 1 is 1.41 bits per heavy atom. The molecular formula is C14H21FN2. The van der Waals surface area contributed by atoms with Crippen molar-refractivity contribution in [1.29, 1.82) is 0 Å². The summed E-state index contributed by atoms with van der Waals surface area (Å²) < 4.78 is 13.5. The second-order valence-corrected chi connectivity index (χ2v) is 4.91. The second kappa shape index (κ2) is 6.12. The van der Waals surface area contributed by atoms with E-state index in [1.54, 1.807) is 6.07 Å². The van der Waals surface area contributed by atoms with Crippen molar-refractivity contribution in [1.82, 2.24) is 10.2 Å². The van der Waals surface area contributed by atoms with Gasteiger partial charge in [0.15, 0.2) is 0 Å². The Kier molecular flexibility index (Phi) is 4.51. The molecule has 0 radical (unpaired) electrons.